The van der Waals surface area contributed by atoms with Crippen molar-refractivity contribution in [3.8, 4) is 0 Å². The fourth-order valence-corrected chi connectivity index (χ4v) is 3.20. The molecule has 0 aliphatic rings. The van der Waals surface area contributed by atoms with Gasteiger partial charge in [0.1, 0.15) is 5.82 Å². The third-order valence-corrected chi connectivity index (χ3v) is 4.87. The Labute approximate surface area is 112 Å². The Bertz CT molecular complexity index is 681. The van der Waals surface area contributed by atoms with Gasteiger partial charge in [0.05, 0.1) is 10.6 Å². The van der Waals surface area contributed by atoms with Crippen LogP contribution in [-0.4, -0.2) is 15.5 Å². The zero-order valence-electron chi connectivity index (χ0n) is 10.7. The maximum Gasteiger partial charge on any atom is 0.264 e. The van der Waals surface area contributed by atoms with E-state index in [1.54, 1.807) is 31.2 Å². The third-order valence-electron chi connectivity index (χ3n) is 2.92. The second kappa shape index (κ2) is 5.01. The quantitative estimate of drug-likeness (QED) is 0.866. The normalized spacial score (nSPS) is 11.3. The van der Waals surface area contributed by atoms with Gasteiger partial charge in [-0.25, -0.2) is 12.8 Å². The molecule has 0 spiro atoms. The van der Waals surface area contributed by atoms with Gasteiger partial charge in [0, 0.05) is 7.05 Å². The number of benzene rings is 2. The number of rotatable bonds is 3. The van der Waals surface area contributed by atoms with E-state index in [1.807, 2.05) is 0 Å². The van der Waals surface area contributed by atoms with Gasteiger partial charge in [0.25, 0.3) is 10.0 Å². The van der Waals surface area contributed by atoms with Gasteiger partial charge in [-0.3, -0.25) is 4.31 Å². The van der Waals surface area contributed by atoms with Gasteiger partial charge >= 0.3 is 0 Å². The first-order valence-corrected chi connectivity index (χ1v) is 7.17. The molecule has 0 N–H and O–H groups in total. The molecule has 100 valence electrons. The van der Waals surface area contributed by atoms with E-state index >= 15 is 0 Å². The van der Waals surface area contributed by atoms with Crippen LogP contribution in [0.3, 0.4) is 0 Å². The van der Waals surface area contributed by atoms with Crippen molar-refractivity contribution in [3.05, 3.63) is 59.9 Å². The predicted octanol–water partition coefficient (Wildman–Crippen LogP) is 2.96. The van der Waals surface area contributed by atoms with Crippen LogP contribution in [-0.2, 0) is 10.0 Å². The third kappa shape index (κ3) is 2.61. The monoisotopic (exact) mass is 279 g/mol. The van der Waals surface area contributed by atoms with Gasteiger partial charge in [0.15, 0.2) is 0 Å². The number of hydrogen-bond donors (Lipinski definition) is 0. The van der Waals surface area contributed by atoms with E-state index in [0.717, 1.165) is 4.31 Å². The molecule has 0 atom stereocenters. The van der Waals surface area contributed by atoms with Crippen LogP contribution >= 0.6 is 0 Å². The van der Waals surface area contributed by atoms with E-state index in [9.17, 15) is 12.8 Å². The first kappa shape index (κ1) is 13.5. The number of sulfonamides is 1. The zero-order valence-corrected chi connectivity index (χ0v) is 11.5. The summed E-state index contributed by atoms with van der Waals surface area (Å²) in [7, 11) is -2.17. The standard InChI is InChI=1S/C14H14FNO2S/c1-11-5-3-4-6-14(11)19(17,18)16(2)13-9-7-12(15)8-10-13/h3-10H,1-2H3. The lowest BCUT2D eigenvalue weighted by Crippen LogP contribution is -2.27. The van der Waals surface area contributed by atoms with Crippen LogP contribution in [0.1, 0.15) is 5.56 Å². The summed E-state index contributed by atoms with van der Waals surface area (Å²) in [6, 6.07) is 12.1. The molecule has 0 saturated heterocycles. The van der Waals surface area contributed by atoms with Gasteiger partial charge < -0.3 is 0 Å². The Balaban J connectivity index is 2.45. The molecule has 19 heavy (non-hydrogen) atoms. The molecule has 5 heteroatoms. The van der Waals surface area contributed by atoms with Crippen molar-refractivity contribution < 1.29 is 12.8 Å². The van der Waals surface area contributed by atoms with Crippen LogP contribution in [0.4, 0.5) is 10.1 Å². The summed E-state index contributed by atoms with van der Waals surface area (Å²) in [5.74, 6) is -0.398. The van der Waals surface area contributed by atoms with Crippen LogP contribution in [0.15, 0.2) is 53.4 Å². The van der Waals surface area contributed by atoms with Crippen molar-refractivity contribution in [2.75, 3.05) is 11.4 Å². The van der Waals surface area contributed by atoms with Crippen LogP contribution in [0.5, 0.6) is 0 Å². The van der Waals surface area contributed by atoms with Gasteiger partial charge in [-0.1, -0.05) is 18.2 Å². The maximum absolute atomic E-state index is 12.9. The number of nitrogens with zero attached hydrogens (tertiary/aromatic N) is 1. The van der Waals surface area contributed by atoms with Crippen molar-refractivity contribution in [1.82, 2.24) is 0 Å². The molecule has 0 heterocycles. The van der Waals surface area contributed by atoms with Gasteiger partial charge in [0.2, 0.25) is 0 Å². The Hall–Kier alpha value is -1.88. The van der Waals surface area contributed by atoms with Crippen LogP contribution < -0.4 is 4.31 Å². The fourth-order valence-electron chi connectivity index (χ4n) is 1.78. The molecule has 0 fully saturated rings. The number of hydrogen-bond acceptors (Lipinski definition) is 2. The summed E-state index contributed by atoms with van der Waals surface area (Å²) in [5.41, 5.74) is 1.10. The van der Waals surface area contributed by atoms with Crippen molar-refractivity contribution in [2.24, 2.45) is 0 Å². The van der Waals surface area contributed by atoms with Crippen LogP contribution in [0.2, 0.25) is 0 Å². The summed E-state index contributed by atoms with van der Waals surface area (Å²) < 4.78 is 39.0. The van der Waals surface area contributed by atoms with Crippen molar-refractivity contribution in [1.29, 1.82) is 0 Å². The van der Waals surface area contributed by atoms with E-state index < -0.39 is 15.8 Å². The lowest BCUT2D eigenvalue weighted by molar-refractivity contribution is 0.593. The molecule has 0 amide bonds. The summed E-state index contributed by atoms with van der Waals surface area (Å²) in [6.45, 7) is 1.74. The summed E-state index contributed by atoms with van der Waals surface area (Å²) in [6.07, 6.45) is 0. The molecule has 0 unspecified atom stereocenters. The molecule has 0 aromatic heterocycles. The van der Waals surface area contributed by atoms with Crippen molar-refractivity contribution >= 4 is 15.7 Å². The van der Waals surface area contributed by atoms with E-state index in [2.05, 4.69) is 0 Å². The summed E-state index contributed by atoms with van der Waals surface area (Å²) in [4.78, 5) is 0.252. The van der Waals surface area contributed by atoms with E-state index in [1.165, 1.54) is 31.3 Å². The highest BCUT2D eigenvalue weighted by molar-refractivity contribution is 7.92. The highest BCUT2D eigenvalue weighted by Gasteiger charge is 2.22. The lowest BCUT2D eigenvalue weighted by atomic mass is 10.2. The number of aryl methyl sites for hydroxylation is 1. The second-order valence-electron chi connectivity index (χ2n) is 4.21. The smallest absolute Gasteiger partial charge is 0.264 e. The van der Waals surface area contributed by atoms with E-state index in [0.29, 0.717) is 11.3 Å². The molecule has 2 rings (SSSR count). The van der Waals surface area contributed by atoms with Gasteiger partial charge in [-0.2, -0.15) is 0 Å². The predicted molar refractivity (Wildman–Crippen MR) is 73.2 cm³/mol. The molecule has 2 aromatic rings. The minimum Gasteiger partial charge on any atom is -0.269 e. The highest BCUT2D eigenvalue weighted by Crippen LogP contribution is 2.24. The Morgan fingerprint density at radius 3 is 2.16 bits per heavy atom. The first-order valence-electron chi connectivity index (χ1n) is 5.73. The average Bonchev–Trinajstić information content (AvgIpc) is 2.39. The molecular weight excluding hydrogens is 265 g/mol. The molecule has 0 radical (unpaired) electrons. The van der Waals surface area contributed by atoms with Crippen molar-refractivity contribution in [2.45, 2.75) is 11.8 Å². The SMILES string of the molecule is Cc1ccccc1S(=O)(=O)N(C)c1ccc(F)cc1. The van der Waals surface area contributed by atoms with Gasteiger partial charge in [-0.05, 0) is 42.8 Å². The minimum atomic E-state index is -3.62. The largest absolute Gasteiger partial charge is 0.269 e. The van der Waals surface area contributed by atoms with E-state index in [-0.39, 0.29) is 4.90 Å². The number of anilines is 1. The highest BCUT2D eigenvalue weighted by atomic mass is 32.2. The van der Waals surface area contributed by atoms with E-state index in [4.69, 9.17) is 0 Å². The maximum atomic E-state index is 12.9. The van der Waals surface area contributed by atoms with Crippen LogP contribution in [0, 0.1) is 12.7 Å². The number of halogens is 1. The molecule has 2 aromatic carbocycles. The Morgan fingerprint density at radius 1 is 1.00 bits per heavy atom. The molecular formula is C14H14FNO2S. The van der Waals surface area contributed by atoms with Crippen molar-refractivity contribution in [3.63, 3.8) is 0 Å². The Kier molecular flexibility index (Phi) is 3.57. The minimum absolute atomic E-state index is 0.252. The molecule has 0 aliphatic carbocycles. The van der Waals surface area contributed by atoms with Crippen LogP contribution in [0.25, 0.3) is 0 Å². The summed E-state index contributed by atoms with van der Waals surface area (Å²) >= 11 is 0. The average molecular weight is 279 g/mol. The van der Waals surface area contributed by atoms with Gasteiger partial charge in [-0.15, -0.1) is 0 Å². The molecule has 0 bridgehead atoms. The topological polar surface area (TPSA) is 37.4 Å². The fraction of sp³-hybridized carbons (Fsp3) is 0.143. The summed E-state index contributed by atoms with van der Waals surface area (Å²) in [5, 5.41) is 0. The first-order chi connectivity index (χ1) is 8.93. The second-order valence-corrected chi connectivity index (χ2v) is 6.15. The Morgan fingerprint density at radius 2 is 1.58 bits per heavy atom. The molecule has 0 saturated carbocycles. The molecule has 3 nitrogen and oxygen atoms in total. The molecule has 0 aliphatic heterocycles. The lowest BCUT2D eigenvalue weighted by Gasteiger charge is -2.20. The zero-order chi connectivity index (χ0) is 14.0.